The van der Waals surface area contributed by atoms with Crippen molar-refractivity contribution in [3.63, 3.8) is 0 Å². The van der Waals surface area contributed by atoms with Gasteiger partial charge in [-0.2, -0.15) is 0 Å². The van der Waals surface area contributed by atoms with Gasteiger partial charge < -0.3 is 10.2 Å². The van der Waals surface area contributed by atoms with Gasteiger partial charge in [-0.25, -0.2) is 0 Å². The van der Waals surface area contributed by atoms with Crippen molar-refractivity contribution in [1.29, 1.82) is 0 Å². The van der Waals surface area contributed by atoms with Crippen LogP contribution in [0, 0.1) is 6.92 Å². The molecule has 0 bridgehead atoms. The Kier molecular flexibility index (Phi) is 4.40. The van der Waals surface area contributed by atoms with E-state index in [2.05, 4.69) is 28.2 Å². The van der Waals surface area contributed by atoms with Crippen LogP contribution >= 0.6 is 15.9 Å². The summed E-state index contributed by atoms with van der Waals surface area (Å²) in [4.78, 5) is 14.6. The van der Waals surface area contributed by atoms with Crippen LogP contribution in [-0.4, -0.2) is 36.5 Å². The van der Waals surface area contributed by atoms with Crippen LogP contribution in [-0.2, 0) is 0 Å². The van der Waals surface area contributed by atoms with Crippen molar-refractivity contribution in [2.24, 2.45) is 0 Å². The van der Waals surface area contributed by atoms with Crippen molar-refractivity contribution in [2.45, 2.75) is 26.3 Å². The van der Waals surface area contributed by atoms with Crippen LogP contribution in [0.25, 0.3) is 0 Å². The van der Waals surface area contributed by atoms with Gasteiger partial charge in [0.25, 0.3) is 5.91 Å². The van der Waals surface area contributed by atoms with E-state index in [1.165, 1.54) is 0 Å². The number of hydrogen-bond acceptors (Lipinski definition) is 2. The molecule has 1 amide bonds. The summed E-state index contributed by atoms with van der Waals surface area (Å²) in [5, 5.41) is 3.23. The van der Waals surface area contributed by atoms with Crippen molar-refractivity contribution in [3.8, 4) is 0 Å². The molecule has 1 aliphatic rings. The smallest absolute Gasteiger partial charge is 0.255 e. The van der Waals surface area contributed by atoms with E-state index in [0.717, 1.165) is 41.7 Å². The van der Waals surface area contributed by atoms with Crippen LogP contribution < -0.4 is 5.32 Å². The number of rotatable bonds is 4. The molecule has 0 atom stereocenters. The zero-order valence-electron chi connectivity index (χ0n) is 10.9. The molecule has 1 N–H and O–H groups in total. The van der Waals surface area contributed by atoms with E-state index in [0.29, 0.717) is 6.04 Å². The van der Waals surface area contributed by atoms with Crippen LogP contribution in [0.1, 0.15) is 29.3 Å². The van der Waals surface area contributed by atoms with E-state index in [4.69, 9.17) is 0 Å². The number of hydrogen-bond donors (Lipinski definition) is 1. The fourth-order valence-corrected chi connectivity index (χ4v) is 2.59. The van der Waals surface area contributed by atoms with Crippen LogP contribution in [0.4, 0.5) is 0 Å². The Balaban J connectivity index is 2.24. The Morgan fingerprint density at radius 3 is 2.78 bits per heavy atom. The second-order valence-electron chi connectivity index (χ2n) is 4.75. The quantitative estimate of drug-likeness (QED) is 0.927. The Bertz CT molecular complexity index is 443. The molecule has 0 unspecified atom stereocenters. The van der Waals surface area contributed by atoms with Gasteiger partial charge in [0.15, 0.2) is 0 Å². The molecule has 2 rings (SSSR count). The summed E-state index contributed by atoms with van der Waals surface area (Å²) in [7, 11) is 0. The normalized spacial score (nSPS) is 15.3. The third-order valence-electron chi connectivity index (χ3n) is 3.35. The summed E-state index contributed by atoms with van der Waals surface area (Å²) >= 11 is 3.53. The van der Waals surface area contributed by atoms with Gasteiger partial charge in [0.05, 0.1) is 11.6 Å². The number of amides is 1. The third kappa shape index (κ3) is 2.59. The molecule has 1 aromatic rings. The van der Waals surface area contributed by atoms with Gasteiger partial charge in [0.1, 0.15) is 0 Å². The van der Waals surface area contributed by atoms with Gasteiger partial charge in [0.2, 0.25) is 0 Å². The SMILES string of the molecule is CCCN(C(=O)c1cccc(C)c1Br)C1CNC1. The second-order valence-corrected chi connectivity index (χ2v) is 5.54. The van der Waals surface area contributed by atoms with E-state index in [9.17, 15) is 4.79 Å². The maximum absolute atomic E-state index is 12.6. The molecule has 0 spiro atoms. The predicted octanol–water partition coefficient (Wildman–Crippen LogP) is 2.58. The highest BCUT2D eigenvalue weighted by molar-refractivity contribution is 9.10. The van der Waals surface area contributed by atoms with E-state index >= 15 is 0 Å². The molecule has 1 fully saturated rings. The number of nitrogens with one attached hydrogen (secondary N) is 1. The number of benzene rings is 1. The Morgan fingerprint density at radius 2 is 2.22 bits per heavy atom. The Hall–Kier alpha value is -0.870. The minimum Gasteiger partial charge on any atom is -0.333 e. The van der Waals surface area contributed by atoms with E-state index in [1.807, 2.05) is 30.0 Å². The molecule has 0 aromatic heterocycles. The van der Waals surface area contributed by atoms with Gasteiger partial charge in [-0.05, 0) is 40.9 Å². The summed E-state index contributed by atoms with van der Waals surface area (Å²) in [6.45, 7) is 6.77. The minimum atomic E-state index is 0.138. The number of nitrogens with zero attached hydrogens (tertiary/aromatic N) is 1. The second kappa shape index (κ2) is 5.85. The van der Waals surface area contributed by atoms with Gasteiger partial charge in [-0.15, -0.1) is 0 Å². The van der Waals surface area contributed by atoms with Crippen molar-refractivity contribution in [1.82, 2.24) is 10.2 Å². The molecule has 0 saturated carbocycles. The largest absolute Gasteiger partial charge is 0.333 e. The lowest BCUT2D eigenvalue weighted by atomic mass is 10.1. The third-order valence-corrected chi connectivity index (χ3v) is 4.40. The Labute approximate surface area is 117 Å². The van der Waals surface area contributed by atoms with Crippen molar-refractivity contribution < 1.29 is 4.79 Å². The molecular weight excluding hydrogens is 292 g/mol. The highest BCUT2D eigenvalue weighted by atomic mass is 79.9. The molecule has 98 valence electrons. The number of halogens is 1. The van der Waals surface area contributed by atoms with Gasteiger partial charge >= 0.3 is 0 Å². The Morgan fingerprint density at radius 1 is 1.50 bits per heavy atom. The van der Waals surface area contributed by atoms with Gasteiger partial charge in [-0.1, -0.05) is 19.1 Å². The molecule has 1 aromatic carbocycles. The van der Waals surface area contributed by atoms with Crippen molar-refractivity contribution >= 4 is 21.8 Å². The van der Waals surface area contributed by atoms with Crippen LogP contribution in [0.15, 0.2) is 22.7 Å². The first kappa shape index (κ1) is 13.6. The summed E-state index contributed by atoms with van der Waals surface area (Å²) in [5.74, 6) is 0.138. The molecule has 1 heterocycles. The fraction of sp³-hybridized carbons (Fsp3) is 0.500. The average Bonchev–Trinajstić information content (AvgIpc) is 2.29. The molecule has 18 heavy (non-hydrogen) atoms. The minimum absolute atomic E-state index is 0.138. The van der Waals surface area contributed by atoms with Gasteiger partial charge in [-0.3, -0.25) is 4.79 Å². The first-order valence-corrected chi connectivity index (χ1v) is 7.21. The molecule has 1 aliphatic heterocycles. The van der Waals surface area contributed by atoms with Gasteiger partial charge in [0, 0.05) is 24.1 Å². The highest BCUT2D eigenvalue weighted by Crippen LogP contribution is 2.23. The van der Waals surface area contributed by atoms with Crippen molar-refractivity contribution in [2.75, 3.05) is 19.6 Å². The first-order chi connectivity index (χ1) is 8.65. The monoisotopic (exact) mass is 310 g/mol. The van der Waals surface area contributed by atoms with E-state index in [1.54, 1.807) is 0 Å². The molecule has 0 aliphatic carbocycles. The van der Waals surface area contributed by atoms with Crippen LogP contribution in [0.5, 0.6) is 0 Å². The average molecular weight is 311 g/mol. The van der Waals surface area contributed by atoms with Crippen LogP contribution in [0.3, 0.4) is 0 Å². The predicted molar refractivity (Wildman–Crippen MR) is 76.9 cm³/mol. The molecule has 3 nitrogen and oxygen atoms in total. The summed E-state index contributed by atoms with van der Waals surface area (Å²) in [6, 6.07) is 6.20. The van der Waals surface area contributed by atoms with E-state index in [-0.39, 0.29) is 5.91 Å². The standard InChI is InChI=1S/C14H19BrN2O/c1-3-7-17(11-8-16-9-11)14(18)12-6-4-5-10(2)13(12)15/h4-6,11,16H,3,7-9H2,1-2H3. The number of carbonyl (C=O) groups is 1. The summed E-state index contributed by atoms with van der Waals surface area (Å²) in [6.07, 6.45) is 0.992. The van der Waals surface area contributed by atoms with Crippen LogP contribution in [0.2, 0.25) is 0 Å². The lowest BCUT2D eigenvalue weighted by Crippen LogP contribution is -2.59. The first-order valence-electron chi connectivity index (χ1n) is 6.42. The maximum Gasteiger partial charge on any atom is 0.255 e. The molecular formula is C14H19BrN2O. The topological polar surface area (TPSA) is 32.3 Å². The maximum atomic E-state index is 12.6. The summed E-state index contributed by atoms with van der Waals surface area (Å²) < 4.78 is 0.920. The summed E-state index contributed by atoms with van der Waals surface area (Å²) in [5.41, 5.74) is 1.87. The zero-order chi connectivity index (χ0) is 13.1. The molecule has 1 saturated heterocycles. The molecule has 0 radical (unpaired) electrons. The lowest BCUT2D eigenvalue weighted by molar-refractivity contribution is 0.0614. The van der Waals surface area contributed by atoms with E-state index < -0.39 is 0 Å². The number of aryl methyl sites for hydroxylation is 1. The number of carbonyl (C=O) groups excluding carboxylic acids is 1. The molecule has 4 heteroatoms. The lowest BCUT2D eigenvalue weighted by Gasteiger charge is -2.38. The van der Waals surface area contributed by atoms with Crippen molar-refractivity contribution in [3.05, 3.63) is 33.8 Å². The highest BCUT2D eigenvalue weighted by Gasteiger charge is 2.29. The zero-order valence-corrected chi connectivity index (χ0v) is 12.5. The fourth-order valence-electron chi connectivity index (χ4n) is 2.15.